The molecule has 1 aromatic carbocycles. The first-order valence-corrected chi connectivity index (χ1v) is 9.91. The number of ether oxygens (including phenoxy) is 1. The molecule has 2 saturated carbocycles. The lowest BCUT2D eigenvalue weighted by molar-refractivity contribution is -0.176. The number of ketones is 1. The Morgan fingerprint density at radius 3 is 2.61 bits per heavy atom. The monoisotopic (exact) mass is 384 g/mol. The van der Waals surface area contributed by atoms with Crippen molar-refractivity contribution in [3.63, 3.8) is 0 Å². The summed E-state index contributed by atoms with van der Waals surface area (Å²) in [5.41, 5.74) is -0.0152. The van der Waals surface area contributed by atoms with Crippen LogP contribution in [0.25, 0.3) is 0 Å². The van der Waals surface area contributed by atoms with E-state index in [0.717, 1.165) is 18.4 Å². The van der Waals surface area contributed by atoms with Crippen LogP contribution >= 0.6 is 0 Å². The molecular weight excluding hydrogens is 356 g/mol. The van der Waals surface area contributed by atoms with Gasteiger partial charge in [0.2, 0.25) is 0 Å². The van der Waals surface area contributed by atoms with Crippen LogP contribution in [0.4, 0.5) is 0 Å². The quantitative estimate of drug-likeness (QED) is 0.429. The molecule has 0 aromatic heterocycles. The highest BCUT2D eigenvalue weighted by molar-refractivity contribution is 6.01. The van der Waals surface area contributed by atoms with Crippen molar-refractivity contribution >= 4 is 11.8 Å². The van der Waals surface area contributed by atoms with Gasteiger partial charge >= 0.3 is 5.97 Å². The zero-order valence-corrected chi connectivity index (χ0v) is 16.6. The van der Waals surface area contributed by atoms with Crippen LogP contribution in [0.5, 0.6) is 0 Å². The number of aliphatic hydroxyl groups is 2. The summed E-state index contributed by atoms with van der Waals surface area (Å²) in [6.07, 6.45) is 1.18. The first kappa shape index (κ1) is 20.6. The van der Waals surface area contributed by atoms with Crippen molar-refractivity contribution in [2.45, 2.75) is 64.3 Å². The van der Waals surface area contributed by atoms with E-state index in [2.05, 4.69) is 11.8 Å². The van der Waals surface area contributed by atoms with Crippen molar-refractivity contribution in [3.8, 4) is 11.8 Å². The molecule has 2 N–H and O–H groups in total. The number of carbonyl (C=O) groups is 2. The van der Waals surface area contributed by atoms with Gasteiger partial charge in [0.15, 0.2) is 11.9 Å². The molecule has 28 heavy (non-hydrogen) atoms. The number of aliphatic hydroxyl groups excluding tert-OH is 1. The van der Waals surface area contributed by atoms with E-state index in [4.69, 9.17) is 4.74 Å². The van der Waals surface area contributed by atoms with Gasteiger partial charge in [-0.05, 0) is 51.5 Å². The Morgan fingerprint density at radius 2 is 2.00 bits per heavy atom. The minimum Gasteiger partial charge on any atom is -0.457 e. The van der Waals surface area contributed by atoms with Crippen LogP contribution in [0, 0.1) is 29.6 Å². The molecule has 0 bridgehead atoms. The second kappa shape index (κ2) is 8.06. The van der Waals surface area contributed by atoms with Gasteiger partial charge in [-0.25, -0.2) is 0 Å². The van der Waals surface area contributed by atoms with Gasteiger partial charge in [-0.15, -0.1) is 0 Å². The van der Waals surface area contributed by atoms with Crippen molar-refractivity contribution in [1.29, 1.82) is 0 Å². The van der Waals surface area contributed by atoms with Crippen molar-refractivity contribution in [2.75, 3.05) is 0 Å². The number of carbonyl (C=O) groups excluding carboxylic acids is 2. The van der Waals surface area contributed by atoms with E-state index in [1.807, 2.05) is 24.3 Å². The fourth-order valence-corrected chi connectivity index (χ4v) is 3.78. The summed E-state index contributed by atoms with van der Waals surface area (Å²) in [4.78, 5) is 24.3. The predicted octanol–water partition coefficient (Wildman–Crippen LogP) is 2.72. The summed E-state index contributed by atoms with van der Waals surface area (Å²) in [6.45, 7) is 4.27. The molecule has 0 spiro atoms. The highest BCUT2D eigenvalue weighted by atomic mass is 16.6. The summed E-state index contributed by atoms with van der Waals surface area (Å²) in [5, 5.41) is 20.7. The van der Waals surface area contributed by atoms with Crippen LogP contribution in [0.3, 0.4) is 0 Å². The highest BCUT2D eigenvalue weighted by Crippen LogP contribution is 2.47. The van der Waals surface area contributed by atoms with Gasteiger partial charge in [-0.2, -0.15) is 0 Å². The largest absolute Gasteiger partial charge is 0.457 e. The third kappa shape index (κ3) is 5.01. The van der Waals surface area contributed by atoms with Crippen molar-refractivity contribution in [1.82, 2.24) is 0 Å². The number of esters is 1. The molecule has 1 aromatic rings. The molecule has 0 radical (unpaired) electrons. The molecule has 2 unspecified atom stereocenters. The Balaban J connectivity index is 1.67. The number of benzene rings is 1. The average molecular weight is 384 g/mol. The molecule has 0 heterocycles. The van der Waals surface area contributed by atoms with E-state index in [-0.39, 0.29) is 24.0 Å². The molecule has 3 rings (SSSR count). The Labute approximate surface area is 166 Å². The first-order valence-electron chi connectivity index (χ1n) is 9.91. The van der Waals surface area contributed by atoms with Crippen LogP contribution in [0.15, 0.2) is 24.3 Å². The van der Waals surface area contributed by atoms with E-state index >= 15 is 0 Å². The second-order valence-electron chi connectivity index (χ2n) is 8.39. The smallest absolute Gasteiger partial charge is 0.303 e. The van der Waals surface area contributed by atoms with Gasteiger partial charge in [0.1, 0.15) is 5.60 Å². The molecule has 0 amide bonds. The lowest BCUT2D eigenvalue weighted by Crippen LogP contribution is -2.49. The number of rotatable bonds is 7. The fourth-order valence-electron chi connectivity index (χ4n) is 3.78. The minimum atomic E-state index is -1.41. The van der Waals surface area contributed by atoms with Gasteiger partial charge in [0, 0.05) is 29.9 Å². The van der Waals surface area contributed by atoms with Gasteiger partial charge in [0.05, 0.1) is 6.10 Å². The van der Waals surface area contributed by atoms with E-state index in [0.29, 0.717) is 17.9 Å². The second-order valence-corrected chi connectivity index (χ2v) is 8.39. The average Bonchev–Trinajstić information content (AvgIpc) is 3.53. The van der Waals surface area contributed by atoms with Crippen LogP contribution < -0.4 is 0 Å². The molecule has 2 aliphatic carbocycles. The molecule has 2 fully saturated rings. The zero-order chi connectivity index (χ0) is 20.5. The molecule has 5 nitrogen and oxygen atoms in total. The number of Topliss-reactive ketones (excluding diaryl/α,β-unsaturated/α-hetero) is 1. The Morgan fingerprint density at radius 1 is 1.32 bits per heavy atom. The van der Waals surface area contributed by atoms with Gasteiger partial charge < -0.3 is 14.9 Å². The Hall–Kier alpha value is -2.16. The lowest BCUT2D eigenvalue weighted by atomic mass is 9.88. The van der Waals surface area contributed by atoms with Gasteiger partial charge in [-0.1, -0.05) is 30.0 Å². The Kier molecular flexibility index (Phi) is 5.92. The minimum absolute atomic E-state index is 0.0104. The van der Waals surface area contributed by atoms with Gasteiger partial charge in [0.25, 0.3) is 0 Å². The molecular formula is C23H28O5. The normalized spacial score (nSPS) is 24.9. The van der Waals surface area contributed by atoms with E-state index in [1.54, 1.807) is 6.92 Å². The van der Waals surface area contributed by atoms with Crippen molar-refractivity contribution in [3.05, 3.63) is 35.4 Å². The maximum absolute atomic E-state index is 13.0. The zero-order valence-electron chi connectivity index (χ0n) is 16.6. The lowest BCUT2D eigenvalue weighted by Gasteiger charge is -2.34. The fraction of sp³-hybridized carbons (Fsp3) is 0.565. The summed E-state index contributed by atoms with van der Waals surface area (Å²) < 4.78 is 5.12. The van der Waals surface area contributed by atoms with E-state index < -0.39 is 23.8 Å². The summed E-state index contributed by atoms with van der Waals surface area (Å²) in [6, 6.07) is 7.41. The molecule has 0 saturated heterocycles. The summed E-state index contributed by atoms with van der Waals surface area (Å²) in [7, 11) is 0. The summed E-state index contributed by atoms with van der Waals surface area (Å²) in [5.74, 6) is 6.11. The van der Waals surface area contributed by atoms with Crippen LogP contribution in [-0.2, 0) is 9.53 Å². The molecule has 2 aliphatic rings. The maximum atomic E-state index is 13.0. The summed E-state index contributed by atoms with van der Waals surface area (Å²) >= 11 is 0. The van der Waals surface area contributed by atoms with Crippen LogP contribution in [0.2, 0.25) is 0 Å². The van der Waals surface area contributed by atoms with Crippen LogP contribution in [-0.4, -0.2) is 39.8 Å². The SMILES string of the molecule is CC(=O)O[C@@H]([C@H](C)O)C(C)(O)C[C@@H]1CC1C(=O)c1ccccc1C#CC1CC1. The molecule has 150 valence electrons. The van der Waals surface area contributed by atoms with Crippen LogP contribution in [0.1, 0.15) is 62.4 Å². The molecule has 5 atom stereocenters. The maximum Gasteiger partial charge on any atom is 0.303 e. The third-order valence-corrected chi connectivity index (χ3v) is 5.46. The van der Waals surface area contributed by atoms with E-state index in [1.165, 1.54) is 13.8 Å². The number of hydrogen-bond acceptors (Lipinski definition) is 5. The molecule has 5 heteroatoms. The predicted molar refractivity (Wildman–Crippen MR) is 104 cm³/mol. The third-order valence-electron chi connectivity index (χ3n) is 5.46. The highest BCUT2D eigenvalue weighted by Gasteiger charge is 2.49. The van der Waals surface area contributed by atoms with Gasteiger partial charge in [-0.3, -0.25) is 9.59 Å². The Bertz CT molecular complexity index is 810. The topological polar surface area (TPSA) is 83.8 Å². The van der Waals surface area contributed by atoms with E-state index in [9.17, 15) is 19.8 Å². The van der Waals surface area contributed by atoms with Crippen molar-refractivity contribution in [2.24, 2.45) is 17.8 Å². The standard InChI is InChI=1S/C23H28O5/c1-14(24)22(28-15(2)25)23(3,27)13-18-12-20(18)21(26)19-7-5-4-6-17(19)11-10-16-8-9-16/h4-7,14,16,18,20,22,24,27H,8-9,12-13H2,1-3H3/t14-,18-,20?,22-,23?/m0/s1. The first-order chi connectivity index (χ1) is 13.2. The molecule has 0 aliphatic heterocycles. The number of hydrogen-bond donors (Lipinski definition) is 2. The van der Waals surface area contributed by atoms with Crippen molar-refractivity contribution < 1.29 is 24.5 Å².